The summed E-state index contributed by atoms with van der Waals surface area (Å²) >= 11 is 1.55. The Morgan fingerprint density at radius 2 is 1.91 bits per heavy atom. The Hall–Kier alpha value is -3.32. The molecule has 1 amide bonds. The number of carboxylic acids is 1. The molecule has 0 spiro atoms. The Kier molecular flexibility index (Phi) is 8.27. The number of pyridine rings is 1. The van der Waals surface area contributed by atoms with Crippen LogP contribution in [0.4, 0.5) is 5.69 Å². The largest absolute Gasteiger partial charge is 0.480 e. The molecule has 0 aliphatic carbocycles. The molecule has 3 N–H and O–H groups in total. The minimum Gasteiger partial charge on any atom is -0.480 e. The summed E-state index contributed by atoms with van der Waals surface area (Å²) in [6.07, 6.45) is 5.81. The van der Waals surface area contributed by atoms with Crippen LogP contribution < -0.4 is 10.6 Å². The van der Waals surface area contributed by atoms with E-state index in [1.54, 1.807) is 30.2 Å². The zero-order valence-electron chi connectivity index (χ0n) is 18.2. The summed E-state index contributed by atoms with van der Waals surface area (Å²) in [5.41, 5.74) is 5.07. The molecule has 0 aliphatic heterocycles. The van der Waals surface area contributed by atoms with Crippen molar-refractivity contribution in [3.63, 3.8) is 0 Å². The first kappa shape index (κ1) is 23.3. The fourth-order valence-electron chi connectivity index (χ4n) is 3.39. The molecule has 6 nitrogen and oxygen atoms in total. The SMILES string of the molecule is CSCC[C@H](NC(=O)c1ccc(NCc2cccnc2)cc1-c1ccccc1C)C(=O)O. The van der Waals surface area contributed by atoms with Gasteiger partial charge in [-0.2, -0.15) is 11.8 Å². The molecule has 1 atom stereocenters. The van der Waals surface area contributed by atoms with Gasteiger partial charge in [-0.1, -0.05) is 30.3 Å². The molecular weight excluding hydrogens is 422 g/mol. The highest BCUT2D eigenvalue weighted by atomic mass is 32.2. The van der Waals surface area contributed by atoms with Gasteiger partial charge in [-0.05, 0) is 71.9 Å². The lowest BCUT2D eigenvalue weighted by atomic mass is 9.94. The molecule has 2 aromatic carbocycles. The van der Waals surface area contributed by atoms with Gasteiger partial charge >= 0.3 is 5.97 Å². The molecule has 0 saturated heterocycles. The summed E-state index contributed by atoms with van der Waals surface area (Å²) in [7, 11) is 0. The van der Waals surface area contributed by atoms with Gasteiger partial charge in [0.25, 0.3) is 5.91 Å². The van der Waals surface area contributed by atoms with E-state index in [0.29, 0.717) is 24.3 Å². The van der Waals surface area contributed by atoms with Gasteiger partial charge in [0.15, 0.2) is 0 Å². The maximum Gasteiger partial charge on any atom is 0.326 e. The number of carboxylic acid groups (broad SMARTS) is 1. The van der Waals surface area contributed by atoms with E-state index in [-0.39, 0.29) is 0 Å². The number of hydrogen-bond donors (Lipinski definition) is 3. The van der Waals surface area contributed by atoms with Crippen molar-refractivity contribution in [1.82, 2.24) is 10.3 Å². The zero-order valence-corrected chi connectivity index (χ0v) is 19.0. The van der Waals surface area contributed by atoms with E-state index >= 15 is 0 Å². The molecule has 0 fully saturated rings. The number of nitrogens with one attached hydrogen (secondary N) is 2. The first-order valence-electron chi connectivity index (χ1n) is 10.3. The number of aliphatic carboxylic acids is 1. The van der Waals surface area contributed by atoms with Crippen LogP contribution in [0.5, 0.6) is 0 Å². The van der Waals surface area contributed by atoms with E-state index in [0.717, 1.165) is 27.9 Å². The summed E-state index contributed by atoms with van der Waals surface area (Å²) in [5, 5.41) is 15.6. The Balaban J connectivity index is 1.91. The third-order valence-corrected chi connectivity index (χ3v) is 5.78. The zero-order chi connectivity index (χ0) is 22.9. The Labute approximate surface area is 192 Å². The van der Waals surface area contributed by atoms with Gasteiger partial charge in [-0.25, -0.2) is 4.79 Å². The molecule has 0 aliphatic rings. The third kappa shape index (κ3) is 6.11. The normalized spacial score (nSPS) is 11.6. The second kappa shape index (κ2) is 11.3. The van der Waals surface area contributed by atoms with Crippen LogP contribution in [-0.4, -0.2) is 40.0 Å². The van der Waals surface area contributed by atoms with E-state index in [1.807, 2.05) is 61.7 Å². The van der Waals surface area contributed by atoms with Crippen LogP contribution in [0.25, 0.3) is 11.1 Å². The molecule has 1 aromatic heterocycles. The number of thioether (sulfide) groups is 1. The van der Waals surface area contributed by atoms with E-state index in [4.69, 9.17) is 0 Å². The van der Waals surface area contributed by atoms with E-state index in [1.165, 1.54) is 0 Å². The quantitative estimate of drug-likeness (QED) is 0.419. The minimum absolute atomic E-state index is 0.368. The average molecular weight is 450 g/mol. The first-order chi connectivity index (χ1) is 15.5. The number of carbonyl (C=O) groups excluding carboxylic acids is 1. The van der Waals surface area contributed by atoms with Crippen molar-refractivity contribution in [2.75, 3.05) is 17.3 Å². The van der Waals surface area contributed by atoms with E-state index < -0.39 is 17.9 Å². The van der Waals surface area contributed by atoms with Crippen LogP contribution in [0.1, 0.15) is 27.9 Å². The van der Waals surface area contributed by atoms with Gasteiger partial charge in [0, 0.05) is 30.2 Å². The molecule has 0 unspecified atom stereocenters. The van der Waals surface area contributed by atoms with E-state index in [2.05, 4.69) is 15.6 Å². The van der Waals surface area contributed by atoms with Crippen molar-refractivity contribution in [3.8, 4) is 11.1 Å². The summed E-state index contributed by atoms with van der Waals surface area (Å²) in [4.78, 5) is 28.9. The smallest absolute Gasteiger partial charge is 0.326 e. The number of aryl methyl sites for hydroxylation is 1. The standard InChI is InChI=1S/C25H27N3O3S/c1-17-6-3-4-8-20(17)22-14-19(27-16-18-7-5-12-26-15-18)9-10-21(22)24(29)28-23(25(30)31)11-13-32-2/h3-10,12,14-15,23,27H,11,13,16H2,1-2H3,(H,28,29)(H,30,31)/t23-/m0/s1. The average Bonchev–Trinajstić information content (AvgIpc) is 2.81. The number of rotatable bonds is 10. The van der Waals surface area contributed by atoms with Gasteiger partial charge < -0.3 is 15.7 Å². The van der Waals surface area contributed by atoms with Crippen LogP contribution in [0.2, 0.25) is 0 Å². The number of benzene rings is 2. The molecule has 7 heteroatoms. The molecule has 166 valence electrons. The van der Waals surface area contributed by atoms with Gasteiger partial charge in [0.2, 0.25) is 0 Å². The second-order valence-electron chi connectivity index (χ2n) is 7.44. The molecule has 3 rings (SSSR count). The summed E-state index contributed by atoms with van der Waals surface area (Å²) in [6, 6.07) is 16.3. The molecule has 0 saturated carbocycles. The number of amides is 1. The van der Waals surface area contributed by atoms with Crippen LogP contribution in [0.15, 0.2) is 67.0 Å². The van der Waals surface area contributed by atoms with Gasteiger partial charge in [-0.15, -0.1) is 0 Å². The number of aromatic nitrogens is 1. The van der Waals surface area contributed by atoms with Crippen LogP contribution in [0, 0.1) is 6.92 Å². The molecule has 0 bridgehead atoms. The summed E-state index contributed by atoms with van der Waals surface area (Å²) in [5.74, 6) is -0.769. The Morgan fingerprint density at radius 1 is 1.09 bits per heavy atom. The van der Waals surface area contributed by atoms with Gasteiger partial charge in [0.05, 0.1) is 0 Å². The predicted octanol–water partition coefficient (Wildman–Crippen LogP) is 4.61. The highest BCUT2D eigenvalue weighted by Gasteiger charge is 2.22. The maximum atomic E-state index is 13.1. The van der Waals surface area contributed by atoms with Crippen molar-refractivity contribution in [3.05, 3.63) is 83.7 Å². The van der Waals surface area contributed by atoms with Crippen molar-refractivity contribution in [2.24, 2.45) is 0 Å². The maximum absolute atomic E-state index is 13.1. The van der Waals surface area contributed by atoms with Crippen LogP contribution >= 0.6 is 11.8 Å². The lowest BCUT2D eigenvalue weighted by molar-refractivity contribution is -0.139. The van der Waals surface area contributed by atoms with Crippen molar-refractivity contribution >= 4 is 29.3 Å². The van der Waals surface area contributed by atoms with Crippen LogP contribution in [0.3, 0.4) is 0 Å². The lowest BCUT2D eigenvalue weighted by Crippen LogP contribution is -2.41. The number of carbonyl (C=O) groups is 2. The molecule has 3 aromatic rings. The summed E-state index contributed by atoms with van der Waals surface area (Å²) in [6.45, 7) is 2.59. The fourth-order valence-corrected chi connectivity index (χ4v) is 3.86. The van der Waals surface area contributed by atoms with Crippen molar-refractivity contribution in [2.45, 2.75) is 25.9 Å². The number of nitrogens with zero attached hydrogens (tertiary/aromatic N) is 1. The highest BCUT2D eigenvalue weighted by molar-refractivity contribution is 7.98. The fraction of sp³-hybridized carbons (Fsp3) is 0.240. The van der Waals surface area contributed by atoms with Gasteiger partial charge in [-0.3, -0.25) is 9.78 Å². The molecule has 1 heterocycles. The van der Waals surface area contributed by atoms with Crippen molar-refractivity contribution < 1.29 is 14.7 Å². The van der Waals surface area contributed by atoms with Crippen molar-refractivity contribution in [1.29, 1.82) is 0 Å². The monoisotopic (exact) mass is 449 g/mol. The predicted molar refractivity (Wildman–Crippen MR) is 130 cm³/mol. The third-order valence-electron chi connectivity index (χ3n) is 5.13. The van der Waals surface area contributed by atoms with Crippen LogP contribution in [-0.2, 0) is 11.3 Å². The number of anilines is 1. The topological polar surface area (TPSA) is 91.3 Å². The second-order valence-corrected chi connectivity index (χ2v) is 8.42. The molecule has 32 heavy (non-hydrogen) atoms. The Bertz CT molecular complexity index is 1070. The van der Waals surface area contributed by atoms with Gasteiger partial charge in [0.1, 0.15) is 6.04 Å². The highest BCUT2D eigenvalue weighted by Crippen LogP contribution is 2.30. The molecular formula is C25H27N3O3S. The first-order valence-corrected chi connectivity index (χ1v) is 11.7. The number of hydrogen-bond acceptors (Lipinski definition) is 5. The Morgan fingerprint density at radius 3 is 2.59 bits per heavy atom. The minimum atomic E-state index is -1.03. The summed E-state index contributed by atoms with van der Waals surface area (Å²) < 4.78 is 0. The lowest BCUT2D eigenvalue weighted by Gasteiger charge is -2.18. The molecule has 0 radical (unpaired) electrons. The van der Waals surface area contributed by atoms with E-state index in [9.17, 15) is 14.7 Å².